The molecule has 2 amide bonds. The van der Waals surface area contributed by atoms with Crippen molar-refractivity contribution in [2.24, 2.45) is 5.73 Å². The molecule has 1 saturated heterocycles. The average molecular weight is 370 g/mol. The maximum Gasteiger partial charge on any atom is 0.294 e. The number of pyridine rings is 1. The highest BCUT2D eigenvalue weighted by Crippen LogP contribution is 2.35. The van der Waals surface area contributed by atoms with Gasteiger partial charge in [-0.1, -0.05) is 0 Å². The van der Waals surface area contributed by atoms with E-state index in [1.807, 2.05) is 0 Å². The molecular weight excluding hydrogens is 352 g/mol. The van der Waals surface area contributed by atoms with Gasteiger partial charge in [-0.25, -0.2) is 0 Å². The van der Waals surface area contributed by atoms with Crippen LogP contribution < -0.4 is 26.8 Å². The number of nitrogens with zero attached hydrogens (tertiary/aromatic N) is 2. The summed E-state index contributed by atoms with van der Waals surface area (Å²) in [6.45, 7) is 0.489. The van der Waals surface area contributed by atoms with Crippen molar-refractivity contribution in [2.45, 2.75) is 18.9 Å². The quantitative estimate of drug-likeness (QED) is 0.512. The minimum atomic E-state index is -0.627. The molecule has 1 fully saturated rings. The second kappa shape index (κ2) is 6.31. The largest absolute Gasteiger partial charge is 0.496 e. The number of fused-ring (bicyclic) bond motifs is 3. The summed E-state index contributed by atoms with van der Waals surface area (Å²) in [5.41, 5.74) is 12.0. The average Bonchev–Trinajstić information content (AvgIpc) is 3.22. The zero-order valence-corrected chi connectivity index (χ0v) is 14.5. The number of nitrogens with one attached hydrogen (secondary N) is 2. The predicted molar refractivity (Wildman–Crippen MR) is 98.4 cm³/mol. The minimum Gasteiger partial charge on any atom is -0.496 e. The molecule has 0 spiro atoms. The molecule has 10 heteroatoms. The smallest absolute Gasteiger partial charge is 0.294 e. The number of benzene rings is 1. The molecule has 0 bridgehead atoms. The summed E-state index contributed by atoms with van der Waals surface area (Å²) in [7, 11) is 1.45. The summed E-state index contributed by atoms with van der Waals surface area (Å²) >= 11 is 0. The van der Waals surface area contributed by atoms with Crippen LogP contribution in [0.25, 0.3) is 22.0 Å². The fourth-order valence-electron chi connectivity index (χ4n) is 3.26. The van der Waals surface area contributed by atoms with Crippen LogP contribution in [0.1, 0.15) is 23.2 Å². The van der Waals surface area contributed by atoms with Crippen LogP contribution in [-0.2, 0) is 4.79 Å². The van der Waals surface area contributed by atoms with E-state index < -0.39 is 5.91 Å². The van der Waals surface area contributed by atoms with Crippen LogP contribution >= 0.6 is 0 Å². The minimum absolute atomic E-state index is 0.0108. The van der Waals surface area contributed by atoms with Gasteiger partial charge in [-0.3, -0.25) is 9.59 Å². The van der Waals surface area contributed by atoms with Gasteiger partial charge in [0.05, 0.1) is 12.7 Å². The molecule has 3 heterocycles. The third kappa shape index (κ3) is 2.94. The molecule has 0 aliphatic carbocycles. The molecule has 1 aliphatic heterocycles. The Kier molecular flexibility index (Phi) is 3.94. The highest BCUT2D eigenvalue weighted by atomic mass is 16.5. The van der Waals surface area contributed by atoms with Gasteiger partial charge in [-0.05, 0) is 18.6 Å². The van der Waals surface area contributed by atoms with E-state index in [4.69, 9.17) is 20.6 Å². The van der Waals surface area contributed by atoms with Crippen LogP contribution in [-0.4, -0.2) is 41.5 Å². The van der Waals surface area contributed by atoms with E-state index in [1.165, 1.54) is 7.11 Å². The molecule has 0 unspecified atom stereocenters. The molecule has 3 aromatic rings. The van der Waals surface area contributed by atoms with E-state index in [9.17, 15) is 9.59 Å². The number of rotatable bonds is 5. The molecule has 27 heavy (non-hydrogen) atoms. The first kappa shape index (κ1) is 16.9. The number of ether oxygens (including phenoxy) is 1. The first-order valence-corrected chi connectivity index (χ1v) is 8.37. The normalized spacial score (nSPS) is 16.6. The van der Waals surface area contributed by atoms with Crippen LogP contribution in [0.2, 0.25) is 0 Å². The Balaban J connectivity index is 1.85. The number of nitrogen functional groups attached to an aromatic ring is 1. The summed E-state index contributed by atoms with van der Waals surface area (Å²) in [6, 6.07) is 3.24. The van der Waals surface area contributed by atoms with Crippen molar-refractivity contribution in [3.8, 4) is 5.75 Å². The second-order valence-corrected chi connectivity index (χ2v) is 6.31. The summed E-state index contributed by atoms with van der Waals surface area (Å²) < 4.78 is 10.7. The van der Waals surface area contributed by atoms with Gasteiger partial charge in [0, 0.05) is 29.8 Å². The Morgan fingerprint density at radius 3 is 2.89 bits per heavy atom. The van der Waals surface area contributed by atoms with E-state index in [-0.39, 0.29) is 29.2 Å². The third-order valence-electron chi connectivity index (χ3n) is 4.56. The van der Waals surface area contributed by atoms with Crippen LogP contribution in [0.3, 0.4) is 0 Å². The van der Waals surface area contributed by atoms with Crippen molar-refractivity contribution >= 4 is 45.6 Å². The molecule has 1 atom stereocenters. The zero-order valence-electron chi connectivity index (χ0n) is 14.5. The molecule has 4 rings (SSSR count). The van der Waals surface area contributed by atoms with Gasteiger partial charge in [-0.15, -0.1) is 0 Å². The highest BCUT2D eigenvalue weighted by Gasteiger charge is 2.22. The summed E-state index contributed by atoms with van der Waals surface area (Å²) in [5, 5.41) is 7.39. The number of methoxy groups -OCH3 is 1. The van der Waals surface area contributed by atoms with Gasteiger partial charge in [0.15, 0.2) is 0 Å². The third-order valence-corrected chi connectivity index (χ3v) is 4.56. The highest BCUT2D eigenvalue weighted by molar-refractivity contribution is 6.11. The lowest BCUT2D eigenvalue weighted by molar-refractivity contribution is -0.119. The number of hydrogen-bond donors (Lipinski definition) is 4. The van der Waals surface area contributed by atoms with E-state index in [0.717, 1.165) is 6.42 Å². The number of oxazole rings is 1. The predicted octanol–water partition coefficient (Wildman–Crippen LogP) is 0.756. The maximum absolute atomic E-state index is 11.8. The van der Waals surface area contributed by atoms with Crippen LogP contribution in [0.5, 0.6) is 5.75 Å². The van der Waals surface area contributed by atoms with Crippen molar-refractivity contribution < 1.29 is 18.7 Å². The van der Waals surface area contributed by atoms with Gasteiger partial charge in [0.1, 0.15) is 17.1 Å². The number of carbonyl (C=O) groups excluding carboxylic acids is 2. The zero-order chi connectivity index (χ0) is 19.1. The fourth-order valence-corrected chi connectivity index (χ4v) is 3.26. The lowest BCUT2D eigenvalue weighted by Crippen LogP contribution is -2.32. The molecule has 2 aromatic heterocycles. The van der Waals surface area contributed by atoms with E-state index >= 15 is 0 Å². The van der Waals surface area contributed by atoms with Gasteiger partial charge in [-0.2, -0.15) is 9.97 Å². The lowest BCUT2D eigenvalue weighted by Gasteiger charge is -2.15. The Labute approximate surface area is 153 Å². The van der Waals surface area contributed by atoms with Gasteiger partial charge >= 0.3 is 0 Å². The standard InChI is InChI=1S/C17H18N6O4/c1-26-11-5-9-8(4-10(11)14(18)25)13-16(27-17(19)22-13)23-15(9)20-6-7-2-3-12(24)21-7/h4-5,7H,2-3,6H2,1H3,(H2,18,25)(H2,19,22)(H,20,23)(H,21,24)/t7-/m0/s1. The van der Waals surface area contributed by atoms with E-state index in [0.29, 0.717) is 40.8 Å². The number of nitrogens with two attached hydrogens (primary N) is 2. The SMILES string of the molecule is COc1cc2c(NC[C@@H]3CCC(=O)N3)nc3oc(N)nc3c2cc1C(N)=O. The van der Waals surface area contributed by atoms with Gasteiger partial charge in [0.2, 0.25) is 5.91 Å². The number of carbonyl (C=O) groups is 2. The van der Waals surface area contributed by atoms with Crippen molar-refractivity contribution in [2.75, 3.05) is 24.7 Å². The van der Waals surface area contributed by atoms with Crippen molar-refractivity contribution in [1.29, 1.82) is 0 Å². The van der Waals surface area contributed by atoms with Crippen LogP contribution in [0.4, 0.5) is 11.8 Å². The first-order chi connectivity index (χ1) is 13.0. The molecule has 10 nitrogen and oxygen atoms in total. The number of primary amides is 1. The Bertz CT molecular complexity index is 1080. The molecule has 0 saturated carbocycles. The first-order valence-electron chi connectivity index (χ1n) is 8.37. The van der Waals surface area contributed by atoms with Crippen molar-refractivity contribution in [3.05, 3.63) is 17.7 Å². The summed E-state index contributed by atoms with van der Waals surface area (Å²) in [4.78, 5) is 31.8. The summed E-state index contributed by atoms with van der Waals surface area (Å²) in [6.07, 6.45) is 1.25. The molecule has 0 radical (unpaired) electrons. The van der Waals surface area contributed by atoms with Crippen molar-refractivity contribution in [1.82, 2.24) is 15.3 Å². The van der Waals surface area contributed by atoms with E-state index in [1.54, 1.807) is 12.1 Å². The Morgan fingerprint density at radius 1 is 1.41 bits per heavy atom. The Morgan fingerprint density at radius 2 is 2.22 bits per heavy atom. The molecule has 140 valence electrons. The molecule has 6 N–H and O–H groups in total. The van der Waals surface area contributed by atoms with Crippen LogP contribution in [0.15, 0.2) is 16.5 Å². The second-order valence-electron chi connectivity index (χ2n) is 6.31. The molecular formula is C17H18N6O4. The maximum atomic E-state index is 11.8. The number of amides is 2. The molecule has 1 aliphatic rings. The molecule has 1 aromatic carbocycles. The van der Waals surface area contributed by atoms with E-state index in [2.05, 4.69) is 20.6 Å². The van der Waals surface area contributed by atoms with Gasteiger partial charge in [0.25, 0.3) is 17.6 Å². The Hall–Kier alpha value is -3.56. The van der Waals surface area contributed by atoms with Crippen LogP contribution in [0, 0.1) is 0 Å². The van der Waals surface area contributed by atoms with Gasteiger partial charge < -0.3 is 31.3 Å². The number of aromatic nitrogens is 2. The number of hydrogen-bond acceptors (Lipinski definition) is 8. The monoisotopic (exact) mass is 370 g/mol. The topological polar surface area (TPSA) is 158 Å². The summed E-state index contributed by atoms with van der Waals surface area (Å²) in [5.74, 6) is 0.234. The number of anilines is 2. The van der Waals surface area contributed by atoms with Crippen molar-refractivity contribution in [3.63, 3.8) is 0 Å². The fraction of sp³-hybridized carbons (Fsp3) is 0.294. The lowest BCUT2D eigenvalue weighted by atomic mass is 10.1.